The van der Waals surface area contributed by atoms with Crippen LogP contribution in [0.3, 0.4) is 0 Å². The molecule has 0 spiro atoms. The van der Waals surface area contributed by atoms with Crippen molar-refractivity contribution in [1.29, 1.82) is 0 Å². The number of hydrogen-bond donors (Lipinski definition) is 6. The van der Waals surface area contributed by atoms with Gasteiger partial charge >= 0.3 is 0 Å². The Labute approximate surface area is 141 Å². The van der Waals surface area contributed by atoms with Gasteiger partial charge in [0.2, 0.25) is 11.8 Å². The molecule has 11 nitrogen and oxygen atoms in total. The van der Waals surface area contributed by atoms with Crippen molar-refractivity contribution in [1.82, 2.24) is 16.2 Å². The van der Waals surface area contributed by atoms with Crippen LogP contribution in [0.4, 0.5) is 0 Å². The first-order chi connectivity index (χ1) is 11.6. The van der Waals surface area contributed by atoms with E-state index in [1.165, 1.54) is 0 Å². The molecule has 1 unspecified atom stereocenters. The molecule has 24 heavy (non-hydrogen) atoms. The fourth-order valence-corrected chi connectivity index (χ4v) is 1.59. The zero-order valence-corrected chi connectivity index (χ0v) is 13.9. The van der Waals surface area contributed by atoms with Gasteiger partial charge in [-0.1, -0.05) is 0 Å². The van der Waals surface area contributed by atoms with E-state index in [2.05, 4.69) is 16.2 Å². The molecule has 11 heteroatoms. The minimum atomic E-state index is -0.658. The number of nitrogens with one attached hydrogen (secondary N) is 3. The molecule has 0 aromatic heterocycles. The highest BCUT2D eigenvalue weighted by molar-refractivity contribution is 5.80. The molecule has 0 aliphatic rings. The summed E-state index contributed by atoms with van der Waals surface area (Å²) in [7, 11) is 0. The van der Waals surface area contributed by atoms with Gasteiger partial charge in [-0.05, 0) is 6.42 Å². The second-order valence-electron chi connectivity index (χ2n) is 4.80. The van der Waals surface area contributed by atoms with Crippen molar-refractivity contribution in [2.75, 3.05) is 52.7 Å². The zero-order chi connectivity index (χ0) is 18.0. The number of amides is 2. The van der Waals surface area contributed by atoms with Gasteiger partial charge in [0.15, 0.2) is 0 Å². The Morgan fingerprint density at radius 3 is 2.00 bits per heavy atom. The van der Waals surface area contributed by atoms with Crippen LogP contribution in [-0.4, -0.2) is 70.6 Å². The van der Waals surface area contributed by atoms with Gasteiger partial charge in [0.05, 0.1) is 39.6 Å². The van der Waals surface area contributed by atoms with Crippen molar-refractivity contribution in [2.45, 2.75) is 18.9 Å². The van der Waals surface area contributed by atoms with Crippen molar-refractivity contribution in [3.8, 4) is 0 Å². The maximum Gasteiger partial charge on any atom is 0.235 e. The summed E-state index contributed by atoms with van der Waals surface area (Å²) in [5.74, 6) is 9.52. The van der Waals surface area contributed by atoms with Gasteiger partial charge in [0.25, 0.3) is 0 Å². The Balaban J connectivity index is 3.33. The van der Waals surface area contributed by atoms with Crippen LogP contribution < -0.4 is 33.6 Å². The fourth-order valence-electron chi connectivity index (χ4n) is 1.59. The second kappa shape index (κ2) is 16.5. The van der Waals surface area contributed by atoms with Crippen molar-refractivity contribution in [3.05, 3.63) is 0 Å². The minimum Gasteiger partial charge on any atom is -0.379 e. The summed E-state index contributed by atoms with van der Waals surface area (Å²) in [5, 5.41) is 2.65. The Kier molecular flexibility index (Phi) is 15.6. The molecular formula is C13H30N6O5. The molecule has 0 fully saturated rings. The van der Waals surface area contributed by atoms with E-state index in [9.17, 15) is 9.59 Å². The molecule has 1 atom stereocenters. The predicted octanol–water partition coefficient (Wildman–Crippen LogP) is -3.29. The molecule has 9 N–H and O–H groups in total. The number of ether oxygens (including phenoxy) is 3. The summed E-state index contributed by atoms with van der Waals surface area (Å²) in [6.07, 6.45) is 0.558. The first kappa shape index (κ1) is 22.7. The molecular weight excluding hydrogens is 320 g/mol. The van der Waals surface area contributed by atoms with E-state index in [0.29, 0.717) is 59.2 Å². The summed E-state index contributed by atoms with van der Waals surface area (Å²) in [6.45, 7) is 3.53. The third kappa shape index (κ3) is 14.3. The molecule has 0 radical (unpaired) electrons. The number of carbonyl (C=O) groups is 2. The quantitative estimate of drug-likeness (QED) is 0.0891. The van der Waals surface area contributed by atoms with Crippen LogP contribution in [-0.2, 0) is 23.8 Å². The van der Waals surface area contributed by atoms with Crippen molar-refractivity contribution in [3.63, 3.8) is 0 Å². The van der Waals surface area contributed by atoms with Crippen molar-refractivity contribution < 1.29 is 23.8 Å². The molecule has 0 aliphatic carbocycles. The van der Waals surface area contributed by atoms with Crippen LogP contribution >= 0.6 is 0 Å². The van der Waals surface area contributed by atoms with Crippen molar-refractivity contribution in [2.24, 2.45) is 17.4 Å². The van der Waals surface area contributed by atoms with Gasteiger partial charge in [-0.15, -0.1) is 0 Å². The highest BCUT2D eigenvalue weighted by Gasteiger charge is 2.12. The van der Waals surface area contributed by atoms with Crippen LogP contribution in [0, 0.1) is 0 Å². The third-order valence-corrected chi connectivity index (χ3v) is 2.91. The molecule has 0 aromatic rings. The largest absolute Gasteiger partial charge is 0.379 e. The van der Waals surface area contributed by atoms with E-state index in [1.807, 2.05) is 0 Å². The number of primary amides is 1. The lowest BCUT2D eigenvalue weighted by Gasteiger charge is -2.12. The first-order valence-electron chi connectivity index (χ1n) is 7.80. The van der Waals surface area contributed by atoms with Gasteiger partial charge in [0, 0.05) is 19.5 Å². The zero-order valence-electron chi connectivity index (χ0n) is 13.9. The molecule has 0 saturated heterocycles. The minimum absolute atomic E-state index is 0.168. The van der Waals surface area contributed by atoms with Crippen molar-refractivity contribution >= 4 is 11.8 Å². The van der Waals surface area contributed by atoms with E-state index < -0.39 is 11.9 Å². The van der Waals surface area contributed by atoms with Crippen LogP contribution in [0.1, 0.15) is 12.8 Å². The van der Waals surface area contributed by atoms with Crippen LogP contribution in [0.15, 0.2) is 0 Å². The molecule has 0 saturated carbocycles. The molecule has 2 amide bonds. The molecule has 0 rings (SSSR count). The number of nitrogens with two attached hydrogens (primary N) is 3. The van der Waals surface area contributed by atoms with Gasteiger partial charge in [0.1, 0.15) is 6.04 Å². The lowest BCUT2D eigenvalue weighted by atomic mass is 10.2. The Morgan fingerprint density at radius 1 is 0.875 bits per heavy atom. The maximum atomic E-state index is 11.5. The molecule has 0 aliphatic heterocycles. The summed E-state index contributed by atoms with van der Waals surface area (Å²) >= 11 is 0. The molecule has 142 valence electrons. The average Bonchev–Trinajstić information content (AvgIpc) is 2.56. The SMILES string of the molecule is NNCCOCCOCCOCCC(=O)NCCC(NN)C(N)=O. The summed E-state index contributed by atoms with van der Waals surface area (Å²) < 4.78 is 15.8. The lowest BCUT2D eigenvalue weighted by Crippen LogP contribution is -2.46. The summed E-state index contributed by atoms with van der Waals surface area (Å²) in [5.41, 5.74) is 9.87. The topological polar surface area (TPSA) is 176 Å². The van der Waals surface area contributed by atoms with Crippen LogP contribution in [0.25, 0.3) is 0 Å². The monoisotopic (exact) mass is 350 g/mol. The Morgan fingerprint density at radius 2 is 1.46 bits per heavy atom. The molecule has 0 heterocycles. The number of carbonyl (C=O) groups excluding carboxylic acids is 2. The van der Waals surface area contributed by atoms with E-state index in [0.717, 1.165) is 0 Å². The van der Waals surface area contributed by atoms with E-state index in [1.54, 1.807) is 0 Å². The van der Waals surface area contributed by atoms with E-state index in [-0.39, 0.29) is 12.3 Å². The standard InChI is InChI=1S/C13H30N6O5/c14-13(21)11(19-16)1-3-17-12(20)2-5-22-7-9-24-10-8-23-6-4-18-15/h11,18-19H,1-10,15-16H2,(H2,14,21)(H,17,20). The average molecular weight is 350 g/mol. The van der Waals surface area contributed by atoms with Gasteiger partial charge in [-0.2, -0.15) is 0 Å². The molecule has 0 bridgehead atoms. The number of hydrazine groups is 2. The van der Waals surface area contributed by atoms with Gasteiger partial charge in [-0.3, -0.25) is 26.7 Å². The predicted molar refractivity (Wildman–Crippen MR) is 87.2 cm³/mol. The van der Waals surface area contributed by atoms with Gasteiger partial charge in [-0.25, -0.2) is 5.43 Å². The van der Waals surface area contributed by atoms with Crippen LogP contribution in [0.5, 0.6) is 0 Å². The smallest absolute Gasteiger partial charge is 0.235 e. The maximum absolute atomic E-state index is 11.5. The Hall–Kier alpha value is -1.34. The van der Waals surface area contributed by atoms with E-state index >= 15 is 0 Å². The Bertz CT molecular complexity index is 334. The third-order valence-electron chi connectivity index (χ3n) is 2.91. The normalized spacial score (nSPS) is 12.1. The summed E-state index contributed by atoms with van der Waals surface area (Å²) in [4.78, 5) is 22.4. The fraction of sp³-hybridized carbons (Fsp3) is 0.846. The van der Waals surface area contributed by atoms with Gasteiger partial charge < -0.3 is 25.3 Å². The second-order valence-corrected chi connectivity index (χ2v) is 4.80. The highest BCUT2D eigenvalue weighted by Crippen LogP contribution is 1.89. The highest BCUT2D eigenvalue weighted by atomic mass is 16.5. The van der Waals surface area contributed by atoms with Crippen LogP contribution in [0.2, 0.25) is 0 Å². The molecule has 0 aromatic carbocycles. The first-order valence-corrected chi connectivity index (χ1v) is 7.80. The number of hydrogen-bond acceptors (Lipinski definition) is 9. The lowest BCUT2D eigenvalue weighted by molar-refractivity contribution is -0.123. The summed E-state index contributed by atoms with van der Waals surface area (Å²) in [6, 6.07) is -0.658. The van der Waals surface area contributed by atoms with E-state index in [4.69, 9.17) is 31.6 Å². The number of rotatable bonds is 17.